The SMILES string of the molecule is CC(C)C1=CC(=O)N(CC(=O)NCCOCC(=O)[N-]Cc2ccc(CC(=O)C3CCCCC3=O)cc2)C1=O.[Rb+]. The van der Waals surface area contributed by atoms with E-state index in [-0.39, 0.29) is 115 Å². The summed E-state index contributed by atoms with van der Waals surface area (Å²) in [5.74, 6) is -2.48. The van der Waals surface area contributed by atoms with Crippen molar-refractivity contribution in [3.05, 3.63) is 52.4 Å². The second-order valence-electron chi connectivity index (χ2n) is 9.82. The largest absolute Gasteiger partial charge is 1.00 e. The Morgan fingerprint density at radius 1 is 1.08 bits per heavy atom. The van der Waals surface area contributed by atoms with Crippen molar-refractivity contribution in [1.82, 2.24) is 10.2 Å². The summed E-state index contributed by atoms with van der Waals surface area (Å²) in [5.41, 5.74) is 2.01. The first-order chi connectivity index (χ1) is 18.2. The van der Waals surface area contributed by atoms with Gasteiger partial charge >= 0.3 is 58.2 Å². The topological polar surface area (TPSA) is 141 Å². The van der Waals surface area contributed by atoms with E-state index < -0.39 is 29.5 Å². The molecule has 3 rings (SSSR count). The van der Waals surface area contributed by atoms with Crippen LogP contribution in [0.2, 0.25) is 0 Å². The number of hydrogen-bond donors (Lipinski definition) is 1. The van der Waals surface area contributed by atoms with Gasteiger partial charge in [0.2, 0.25) is 5.91 Å². The van der Waals surface area contributed by atoms with Gasteiger partial charge in [-0.25, -0.2) is 0 Å². The fraction of sp³-hybridized carbons (Fsp3) is 0.500. The second-order valence-corrected chi connectivity index (χ2v) is 9.82. The van der Waals surface area contributed by atoms with Crippen molar-refractivity contribution in [3.8, 4) is 0 Å². The minimum atomic E-state index is -0.503. The molecule has 1 atom stereocenters. The predicted octanol–water partition coefficient (Wildman–Crippen LogP) is -0.954. The van der Waals surface area contributed by atoms with Gasteiger partial charge in [-0.2, -0.15) is 0 Å². The van der Waals surface area contributed by atoms with Gasteiger partial charge in [-0.3, -0.25) is 28.9 Å². The van der Waals surface area contributed by atoms with E-state index in [1.165, 1.54) is 6.08 Å². The zero-order valence-electron chi connectivity index (χ0n) is 22.9. The van der Waals surface area contributed by atoms with Gasteiger partial charge in [0.15, 0.2) is 0 Å². The van der Waals surface area contributed by atoms with Gasteiger partial charge in [-0.1, -0.05) is 50.1 Å². The third kappa shape index (κ3) is 10.2. The number of carbonyl (C=O) groups is 6. The molecule has 4 amide bonds. The molecule has 0 aromatic heterocycles. The normalized spacial score (nSPS) is 17.1. The molecule has 1 heterocycles. The van der Waals surface area contributed by atoms with Crippen molar-refractivity contribution in [2.24, 2.45) is 11.8 Å². The van der Waals surface area contributed by atoms with E-state index >= 15 is 0 Å². The maximum absolute atomic E-state index is 12.4. The smallest absolute Gasteiger partial charge is 0.648 e. The minimum Gasteiger partial charge on any atom is -0.648 e. The van der Waals surface area contributed by atoms with Crippen LogP contribution in [0, 0.1) is 11.8 Å². The monoisotopic (exact) mass is 609 g/mol. The van der Waals surface area contributed by atoms with E-state index in [4.69, 9.17) is 4.74 Å². The zero-order chi connectivity index (χ0) is 27.7. The fourth-order valence-electron chi connectivity index (χ4n) is 4.35. The Hall–Kier alpha value is -1.85. The summed E-state index contributed by atoms with van der Waals surface area (Å²) < 4.78 is 5.24. The van der Waals surface area contributed by atoms with Crippen LogP contribution >= 0.6 is 0 Å². The van der Waals surface area contributed by atoms with Crippen molar-refractivity contribution in [2.75, 3.05) is 26.3 Å². The number of nitrogens with one attached hydrogen (secondary N) is 1. The van der Waals surface area contributed by atoms with Crippen LogP contribution in [-0.4, -0.2) is 66.4 Å². The minimum absolute atomic E-state index is 0. The molecule has 11 heteroatoms. The van der Waals surface area contributed by atoms with Crippen LogP contribution in [-0.2, 0) is 46.5 Å². The Balaban J connectivity index is 0.00000533. The average molecular weight is 610 g/mol. The van der Waals surface area contributed by atoms with E-state index in [9.17, 15) is 28.8 Å². The summed E-state index contributed by atoms with van der Waals surface area (Å²) in [6, 6.07) is 7.22. The summed E-state index contributed by atoms with van der Waals surface area (Å²) in [4.78, 5) is 73.5. The molecule has 0 bridgehead atoms. The fourth-order valence-corrected chi connectivity index (χ4v) is 4.35. The number of ketones is 2. The number of imide groups is 1. The zero-order valence-corrected chi connectivity index (χ0v) is 27.8. The van der Waals surface area contributed by atoms with E-state index in [1.54, 1.807) is 26.0 Å². The molecule has 2 aliphatic rings. The summed E-state index contributed by atoms with van der Waals surface area (Å²) in [6.45, 7) is 3.32. The quantitative estimate of drug-likeness (QED) is 0.173. The Bertz CT molecular complexity index is 1110. The third-order valence-electron chi connectivity index (χ3n) is 6.54. The molecule has 1 unspecified atom stereocenters. The molecule has 1 N–H and O–H groups in total. The molecule has 1 aliphatic carbocycles. The number of hydrogen-bond acceptors (Lipinski definition) is 7. The number of Topliss-reactive ketones (excluding diaryl/α,β-unsaturated/α-hetero) is 2. The van der Waals surface area contributed by atoms with Crippen LogP contribution in [0.15, 0.2) is 35.9 Å². The first kappa shape index (κ1) is 33.4. The molecule has 0 spiro atoms. The molecule has 39 heavy (non-hydrogen) atoms. The molecular weight excluding hydrogens is 576 g/mol. The van der Waals surface area contributed by atoms with Gasteiger partial charge in [0.1, 0.15) is 18.1 Å². The molecule has 1 fully saturated rings. The molecule has 0 radical (unpaired) electrons. The van der Waals surface area contributed by atoms with Crippen molar-refractivity contribution >= 4 is 35.2 Å². The van der Waals surface area contributed by atoms with Crippen LogP contribution in [0.1, 0.15) is 50.7 Å². The van der Waals surface area contributed by atoms with Crippen molar-refractivity contribution in [1.29, 1.82) is 0 Å². The van der Waals surface area contributed by atoms with E-state index in [0.717, 1.165) is 28.9 Å². The summed E-state index contributed by atoms with van der Waals surface area (Å²) in [6.07, 6.45) is 4.39. The second kappa shape index (κ2) is 16.4. The van der Waals surface area contributed by atoms with Crippen LogP contribution in [0.5, 0.6) is 0 Å². The number of amides is 4. The van der Waals surface area contributed by atoms with Crippen molar-refractivity contribution in [2.45, 2.75) is 52.5 Å². The maximum Gasteiger partial charge on any atom is 1.00 e. The van der Waals surface area contributed by atoms with E-state index in [0.29, 0.717) is 18.4 Å². The van der Waals surface area contributed by atoms with Crippen LogP contribution in [0.3, 0.4) is 0 Å². The summed E-state index contributed by atoms with van der Waals surface area (Å²) in [7, 11) is 0. The maximum atomic E-state index is 12.4. The number of benzene rings is 1. The van der Waals surface area contributed by atoms with Gasteiger partial charge in [0.25, 0.3) is 11.8 Å². The third-order valence-corrected chi connectivity index (χ3v) is 6.54. The summed E-state index contributed by atoms with van der Waals surface area (Å²) in [5, 5.41) is 6.51. The molecule has 1 aliphatic heterocycles. The van der Waals surface area contributed by atoms with Crippen LogP contribution < -0.4 is 63.5 Å². The van der Waals surface area contributed by atoms with Crippen molar-refractivity contribution in [3.63, 3.8) is 0 Å². The predicted molar refractivity (Wildman–Crippen MR) is 138 cm³/mol. The summed E-state index contributed by atoms with van der Waals surface area (Å²) >= 11 is 0. The Labute approximate surface area is 277 Å². The van der Waals surface area contributed by atoms with Crippen LogP contribution in [0.4, 0.5) is 0 Å². The number of carbonyl (C=O) groups excluding carboxylic acids is 6. The average Bonchev–Trinajstić information content (AvgIpc) is 3.17. The number of nitrogens with zero attached hydrogens (tertiary/aromatic N) is 2. The molecular formula is C28H34N3O7Rb. The molecule has 1 saturated carbocycles. The standard InChI is InChI=1S/C28H35N3O7.Rb/c1-18(2)22-14-27(36)31(28(22)37)16-25(34)29-11-12-38-17-26(35)30-15-20-9-7-19(8-10-20)13-24(33)21-5-3-4-6-23(21)32;/h7-10,14,18,21H,3-6,11-13,15-17H2,1-2H3,(H2,29,30,34,35);/q;+1/p-1. The van der Waals surface area contributed by atoms with E-state index in [1.807, 2.05) is 12.1 Å². The molecule has 0 saturated heterocycles. The Morgan fingerprint density at radius 2 is 1.77 bits per heavy atom. The number of ether oxygens (including phenoxy) is 1. The molecule has 1 aromatic rings. The molecule has 1 aromatic carbocycles. The first-order valence-electron chi connectivity index (χ1n) is 12.9. The van der Waals surface area contributed by atoms with Gasteiger partial charge < -0.3 is 20.2 Å². The Kier molecular flexibility index (Phi) is 14.0. The van der Waals surface area contributed by atoms with Crippen molar-refractivity contribution < 1.29 is 91.7 Å². The molecule has 10 nitrogen and oxygen atoms in total. The van der Waals surface area contributed by atoms with Gasteiger partial charge in [0.05, 0.1) is 25.0 Å². The Morgan fingerprint density at radius 3 is 2.41 bits per heavy atom. The van der Waals surface area contributed by atoms with Gasteiger partial charge in [-0.15, -0.1) is 6.54 Å². The molecule has 204 valence electrons. The van der Waals surface area contributed by atoms with E-state index in [2.05, 4.69) is 10.6 Å². The number of rotatable bonds is 13. The van der Waals surface area contributed by atoms with Gasteiger partial charge in [0, 0.05) is 31.0 Å². The first-order valence-corrected chi connectivity index (χ1v) is 12.9. The van der Waals surface area contributed by atoms with Crippen LogP contribution in [0.25, 0.3) is 5.32 Å². The van der Waals surface area contributed by atoms with Gasteiger partial charge in [-0.05, 0) is 24.3 Å².